The van der Waals surface area contributed by atoms with Crippen molar-refractivity contribution in [1.82, 2.24) is 9.55 Å². The number of hydrogen-bond acceptors (Lipinski definition) is 3. The number of fused-ring (bicyclic) bond motifs is 1. The zero-order valence-electron chi connectivity index (χ0n) is 17.1. The molecule has 29 heavy (non-hydrogen) atoms. The van der Waals surface area contributed by atoms with Crippen LogP contribution in [0.2, 0.25) is 0 Å². The highest BCUT2D eigenvalue weighted by atomic mass is 16.5. The van der Waals surface area contributed by atoms with Gasteiger partial charge in [0, 0.05) is 0 Å². The molecule has 0 unspecified atom stereocenters. The van der Waals surface area contributed by atoms with Crippen LogP contribution >= 0.6 is 0 Å². The van der Waals surface area contributed by atoms with Crippen LogP contribution in [0.25, 0.3) is 23.2 Å². The molecular formula is C25H26N2O2. The predicted octanol–water partition coefficient (Wildman–Crippen LogP) is 6.18. The van der Waals surface area contributed by atoms with Crippen molar-refractivity contribution in [2.45, 2.75) is 32.7 Å². The van der Waals surface area contributed by atoms with Crippen LogP contribution in [0.15, 0.2) is 71.3 Å². The van der Waals surface area contributed by atoms with Crippen molar-refractivity contribution in [2.75, 3.05) is 6.61 Å². The van der Waals surface area contributed by atoms with Crippen molar-refractivity contribution < 1.29 is 9.15 Å². The van der Waals surface area contributed by atoms with Gasteiger partial charge in [-0.15, -0.1) is 0 Å². The maximum Gasteiger partial charge on any atom is 0.134 e. The van der Waals surface area contributed by atoms with Crippen LogP contribution in [-0.2, 0) is 12.0 Å². The van der Waals surface area contributed by atoms with E-state index in [2.05, 4.69) is 43.5 Å². The fraction of sp³-hybridized carbons (Fsp3) is 0.240. The largest absolute Gasteiger partial charge is 0.492 e. The van der Waals surface area contributed by atoms with Crippen LogP contribution in [0.5, 0.6) is 5.75 Å². The smallest absolute Gasteiger partial charge is 0.134 e. The quantitative estimate of drug-likeness (QED) is 0.397. The molecule has 0 aliphatic rings. The number of rotatable bonds is 6. The monoisotopic (exact) mass is 386 g/mol. The summed E-state index contributed by atoms with van der Waals surface area (Å²) in [6, 6.07) is 20.3. The Hall–Kier alpha value is -3.27. The lowest BCUT2D eigenvalue weighted by Gasteiger charge is -2.19. The van der Waals surface area contributed by atoms with E-state index >= 15 is 0 Å². The van der Waals surface area contributed by atoms with Crippen LogP contribution in [0, 0.1) is 0 Å². The molecule has 2 aromatic heterocycles. The molecule has 0 saturated carbocycles. The molecule has 0 bridgehead atoms. The van der Waals surface area contributed by atoms with Gasteiger partial charge in [0.2, 0.25) is 0 Å². The fourth-order valence-electron chi connectivity index (χ4n) is 3.31. The average molecular weight is 386 g/mol. The molecule has 148 valence electrons. The van der Waals surface area contributed by atoms with Crippen molar-refractivity contribution in [3.8, 4) is 5.75 Å². The van der Waals surface area contributed by atoms with E-state index in [0.29, 0.717) is 13.2 Å². The van der Waals surface area contributed by atoms with Crippen molar-refractivity contribution in [2.24, 2.45) is 0 Å². The van der Waals surface area contributed by atoms with Gasteiger partial charge in [-0.25, -0.2) is 4.98 Å². The number of imidazole rings is 1. The summed E-state index contributed by atoms with van der Waals surface area (Å²) in [7, 11) is 0. The first-order chi connectivity index (χ1) is 14.0. The molecule has 4 nitrogen and oxygen atoms in total. The maximum atomic E-state index is 6.01. The third kappa shape index (κ3) is 4.43. The molecule has 2 aromatic carbocycles. The van der Waals surface area contributed by atoms with Crippen molar-refractivity contribution in [3.05, 3.63) is 84.1 Å². The van der Waals surface area contributed by atoms with E-state index in [-0.39, 0.29) is 5.41 Å². The first-order valence-electron chi connectivity index (χ1n) is 9.91. The van der Waals surface area contributed by atoms with Gasteiger partial charge in [-0.2, -0.15) is 0 Å². The third-order valence-electron chi connectivity index (χ3n) is 4.93. The summed E-state index contributed by atoms with van der Waals surface area (Å²) in [5.41, 5.74) is 3.51. The molecule has 0 radical (unpaired) electrons. The Kier molecular flexibility index (Phi) is 5.26. The van der Waals surface area contributed by atoms with Crippen LogP contribution in [-0.4, -0.2) is 16.2 Å². The highest BCUT2D eigenvalue weighted by Gasteiger charge is 2.13. The number of benzene rings is 2. The Morgan fingerprint density at radius 3 is 2.48 bits per heavy atom. The number of para-hydroxylation sites is 2. The summed E-state index contributed by atoms with van der Waals surface area (Å²) in [5, 5.41) is 0. The summed E-state index contributed by atoms with van der Waals surface area (Å²) >= 11 is 0. The van der Waals surface area contributed by atoms with Gasteiger partial charge in [0.05, 0.1) is 23.8 Å². The summed E-state index contributed by atoms with van der Waals surface area (Å²) in [6.07, 6.45) is 5.59. The molecule has 0 fully saturated rings. The van der Waals surface area contributed by atoms with Crippen molar-refractivity contribution in [1.29, 1.82) is 0 Å². The highest BCUT2D eigenvalue weighted by molar-refractivity contribution is 5.79. The van der Waals surface area contributed by atoms with Crippen LogP contribution in [0.3, 0.4) is 0 Å². The van der Waals surface area contributed by atoms with Crippen molar-refractivity contribution in [3.63, 3.8) is 0 Å². The number of hydrogen-bond donors (Lipinski definition) is 0. The summed E-state index contributed by atoms with van der Waals surface area (Å²) in [5.74, 6) is 2.57. The van der Waals surface area contributed by atoms with E-state index in [1.165, 1.54) is 5.56 Å². The number of ether oxygens (including phenoxy) is 1. The van der Waals surface area contributed by atoms with Gasteiger partial charge in [0.15, 0.2) is 0 Å². The van der Waals surface area contributed by atoms with Crippen LogP contribution < -0.4 is 4.74 Å². The zero-order chi connectivity index (χ0) is 20.3. The van der Waals surface area contributed by atoms with Gasteiger partial charge >= 0.3 is 0 Å². The predicted molar refractivity (Wildman–Crippen MR) is 118 cm³/mol. The van der Waals surface area contributed by atoms with E-state index in [4.69, 9.17) is 14.1 Å². The van der Waals surface area contributed by atoms with Gasteiger partial charge in [-0.3, -0.25) is 0 Å². The molecule has 0 spiro atoms. The average Bonchev–Trinajstić information content (AvgIpc) is 3.34. The van der Waals surface area contributed by atoms with Crippen LogP contribution in [0.4, 0.5) is 0 Å². The molecule has 2 heterocycles. The first-order valence-corrected chi connectivity index (χ1v) is 9.91. The first kappa shape index (κ1) is 19.1. The molecule has 0 N–H and O–H groups in total. The zero-order valence-corrected chi connectivity index (χ0v) is 17.1. The lowest BCUT2D eigenvalue weighted by Crippen LogP contribution is -2.11. The van der Waals surface area contributed by atoms with Crippen LogP contribution in [0.1, 0.15) is 37.9 Å². The Morgan fingerprint density at radius 2 is 1.76 bits per heavy atom. The van der Waals surface area contributed by atoms with E-state index in [1.807, 2.05) is 54.6 Å². The highest BCUT2D eigenvalue weighted by Crippen LogP contribution is 2.24. The standard InChI is InChI=1S/C25H26N2O2/c1-25(2,3)19-10-12-21(13-11-19)29-18-16-27-23-9-5-4-8-22(23)26-24(27)15-14-20-7-6-17-28-20/h4-15,17H,16,18H2,1-3H3/b15-14+. The van der Waals surface area contributed by atoms with Gasteiger partial charge in [-0.1, -0.05) is 45.0 Å². The summed E-state index contributed by atoms with van der Waals surface area (Å²) in [6.45, 7) is 7.91. The minimum absolute atomic E-state index is 0.142. The summed E-state index contributed by atoms with van der Waals surface area (Å²) in [4.78, 5) is 4.76. The minimum atomic E-state index is 0.142. The van der Waals surface area contributed by atoms with Gasteiger partial charge < -0.3 is 13.7 Å². The van der Waals surface area contributed by atoms with Gasteiger partial charge in [0.25, 0.3) is 0 Å². The molecule has 0 aliphatic heterocycles. The van der Waals surface area contributed by atoms with E-state index < -0.39 is 0 Å². The number of aromatic nitrogens is 2. The molecule has 0 amide bonds. The van der Waals surface area contributed by atoms with Gasteiger partial charge in [0.1, 0.15) is 23.9 Å². The normalized spacial score (nSPS) is 12.1. The molecule has 0 saturated heterocycles. The fourth-order valence-corrected chi connectivity index (χ4v) is 3.31. The second-order valence-electron chi connectivity index (χ2n) is 8.08. The number of furan rings is 1. The van der Waals surface area contributed by atoms with E-state index in [0.717, 1.165) is 28.4 Å². The second kappa shape index (κ2) is 8.00. The molecular weight excluding hydrogens is 360 g/mol. The Balaban J connectivity index is 1.50. The summed E-state index contributed by atoms with van der Waals surface area (Å²) < 4.78 is 13.6. The third-order valence-corrected chi connectivity index (χ3v) is 4.93. The molecule has 4 rings (SSSR count). The lowest BCUT2D eigenvalue weighted by molar-refractivity contribution is 0.299. The number of nitrogens with zero attached hydrogens (tertiary/aromatic N) is 2. The molecule has 4 heteroatoms. The molecule has 0 atom stereocenters. The minimum Gasteiger partial charge on any atom is -0.492 e. The Bertz CT molecular complexity index is 1100. The Labute approximate surface area is 171 Å². The lowest BCUT2D eigenvalue weighted by atomic mass is 9.87. The van der Waals surface area contributed by atoms with Crippen molar-refractivity contribution >= 4 is 23.2 Å². The Morgan fingerprint density at radius 1 is 0.966 bits per heavy atom. The van der Waals surface area contributed by atoms with Gasteiger partial charge in [-0.05, 0) is 59.5 Å². The van der Waals surface area contributed by atoms with E-state index in [1.54, 1.807) is 6.26 Å². The second-order valence-corrected chi connectivity index (χ2v) is 8.08. The molecule has 4 aromatic rings. The SMILES string of the molecule is CC(C)(C)c1ccc(OCCn2c(/C=C/c3ccco3)nc3ccccc32)cc1. The van der Waals surface area contributed by atoms with E-state index in [9.17, 15) is 0 Å². The maximum absolute atomic E-state index is 6.01. The molecule has 0 aliphatic carbocycles. The topological polar surface area (TPSA) is 40.2 Å².